The second kappa shape index (κ2) is 5.93. The first-order valence-corrected chi connectivity index (χ1v) is 7.85. The summed E-state index contributed by atoms with van der Waals surface area (Å²) >= 11 is 1.52. The summed E-state index contributed by atoms with van der Waals surface area (Å²) < 4.78 is 6.55. The number of carbonyl (C=O) groups is 1. The molecule has 0 amide bonds. The molecule has 0 aliphatic heterocycles. The predicted octanol–water partition coefficient (Wildman–Crippen LogP) is 1.24. The average Bonchev–Trinajstić information content (AvgIpc) is 2.92. The summed E-state index contributed by atoms with van der Waals surface area (Å²) in [4.78, 5) is 12.0. The molecule has 0 saturated carbocycles. The van der Waals surface area contributed by atoms with E-state index in [2.05, 4.69) is 0 Å². The number of fused-ring (bicyclic) bond motifs is 1. The second-order valence-corrected chi connectivity index (χ2v) is 6.70. The highest BCUT2D eigenvalue weighted by Crippen LogP contribution is 2.31. The minimum Gasteiger partial charge on any atom is -0.490 e. The number of carboxylic acid groups (broad SMARTS) is 1. The fourth-order valence-corrected chi connectivity index (χ4v) is 3.52. The van der Waals surface area contributed by atoms with Gasteiger partial charge in [-0.3, -0.25) is 0 Å². The van der Waals surface area contributed by atoms with Crippen molar-refractivity contribution in [1.29, 1.82) is 0 Å². The molecule has 4 N–H and O–H groups in total. The van der Waals surface area contributed by atoms with Gasteiger partial charge in [-0.25, -0.2) is 4.79 Å². The first kappa shape index (κ1) is 15.9. The van der Waals surface area contributed by atoms with E-state index in [1.165, 1.54) is 11.3 Å². The smallest absolute Gasteiger partial charge is 0.340 e. The highest BCUT2D eigenvalue weighted by molar-refractivity contribution is 7.19. The van der Waals surface area contributed by atoms with Gasteiger partial charge >= 0.3 is 5.97 Å². The van der Waals surface area contributed by atoms with Crippen molar-refractivity contribution in [2.45, 2.75) is 30.8 Å². The summed E-state index contributed by atoms with van der Waals surface area (Å²) in [5.41, 5.74) is -2.24. The van der Waals surface area contributed by atoms with Crippen LogP contribution in [0.4, 0.5) is 0 Å². The third-order valence-electron chi connectivity index (χ3n) is 3.79. The van der Waals surface area contributed by atoms with Gasteiger partial charge in [0.25, 0.3) is 0 Å². The van der Waals surface area contributed by atoms with Crippen molar-refractivity contribution in [3.05, 3.63) is 47.0 Å². The van der Waals surface area contributed by atoms with Crippen LogP contribution in [0, 0.1) is 0 Å². The summed E-state index contributed by atoms with van der Waals surface area (Å²) in [6.45, 7) is 0.116. The molecule has 1 aromatic heterocycles. The van der Waals surface area contributed by atoms with E-state index in [0.29, 0.717) is 0 Å². The number of hydrogen-bond donors (Lipinski definition) is 4. The molecule has 0 saturated heterocycles. The maximum absolute atomic E-state index is 11.1. The Morgan fingerprint density at radius 2 is 2.09 bits per heavy atom. The lowest BCUT2D eigenvalue weighted by atomic mass is 9.86. The largest absolute Gasteiger partial charge is 0.490 e. The first-order chi connectivity index (χ1) is 10.9. The zero-order chi connectivity index (χ0) is 16.6. The summed E-state index contributed by atoms with van der Waals surface area (Å²) in [5.74, 6) is -1.63. The number of aliphatic hydroxyl groups excluding tert-OH is 2. The monoisotopic (exact) mass is 336 g/mol. The van der Waals surface area contributed by atoms with Crippen molar-refractivity contribution in [2.24, 2.45) is 0 Å². The van der Waals surface area contributed by atoms with Gasteiger partial charge in [-0.1, -0.05) is 18.2 Å². The fourth-order valence-electron chi connectivity index (χ4n) is 2.54. The molecule has 3 atom stereocenters. The molecule has 7 heteroatoms. The number of aliphatic carboxylic acids is 1. The number of carboxylic acids is 1. The summed E-state index contributed by atoms with van der Waals surface area (Å²) in [7, 11) is 0. The molecule has 0 bridgehead atoms. The highest BCUT2D eigenvalue weighted by Gasteiger charge is 2.44. The van der Waals surface area contributed by atoms with E-state index in [-0.39, 0.29) is 12.4 Å². The third kappa shape index (κ3) is 3.09. The molecule has 122 valence electrons. The van der Waals surface area contributed by atoms with Gasteiger partial charge in [0.2, 0.25) is 0 Å². The van der Waals surface area contributed by atoms with Crippen molar-refractivity contribution < 1.29 is 30.0 Å². The van der Waals surface area contributed by atoms with Crippen molar-refractivity contribution >= 4 is 27.4 Å². The topological polar surface area (TPSA) is 107 Å². The lowest BCUT2D eigenvalue weighted by molar-refractivity contribution is -0.160. The van der Waals surface area contributed by atoms with E-state index < -0.39 is 30.2 Å². The number of aliphatic hydroxyl groups is 3. The van der Waals surface area contributed by atoms with Gasteiger partial charge in [-0.15, -0.1) is 11.3 Å². The van der Waals surface area contributed by atoms with Gasteiger partial charge < -0.3 is 25.2 Å². The molecular weight excluding hydrogens is 320 g/mol. The molecule has 1 aromatic carbocycles. The van der Waals surface area contributed by atoms with Gasteiger partial charge in [0.15, 0.2) is 5.60 Å². The average molecular weight is 336 g/mol. The molecule has 2 aromatic rings. The Kier molecular flexibility index (Phi) is 4.11. The summed E-state index contributed by atoms with van der Waals surface area (Å²) in [6, 6.07) is 9.74. The van der Waals surface area contributed by atoms with E-state index in [1.807, 2.05) is 30.3 Å². The SMILES string of the molecule is O=C(O)[C@]1(O)C=C(OCc2cc3ccccc3s2)[C@@H](O)C(O)C1. The van der Waals surface area contributed by atoms with Crippen LogP contribution in [0.15, 0.2) is 42.2 Å². The van der Waals surface area contributed by atoms with Crippen LogP contribution in [-0.2, 0) is 16.1 Å². The van der Waals surface area contributed by atoms with Crippen LogP contribution in [0.25, 0.3) is 10.1 Å². The van der Waals surface area contributed by atoms with Gasteiger partial charge in [0.05, 0.1) is 6.10 Å². The molecule has 0 radical (unpaired) electrons. The molecule has 1 unspecified atom stereocenters. The van der Waals surface area contributed by atoms with Crippen LogP contribution in [-0.4, -0.2) is 44.2 Å². The lowest BCUT2D eigenvalue weighted by Crippen LogP contribution is -2.48. The van der Waals surface area contributed by atoms with Crippen LogP contribution in [0.3, 0.4) is 0 Å². The summed E-state index contributed by atoms with van der Waals surface area (Å²) in [5, 5.41) is 39.8. The Bertz CT molecular complexity index is 734. The highest BCUT2D eigenvalue weighted by atomic mass is 32.1. The number of ether oxygens (including phenoxy) is 1. The number of hydrogen-bond acceptors (Lipinski definition) is 6. The van der Waals surface area contributed by atoms with E-state index >= 15 is 0 Å². The minimum atomic E-state index is -2.24. The van der Waals surface area contributed by atoms with Crippen LogP contribution in [0.1, 0.15) is 11.3 Å². The molecule has 0 fully saturated rings. The van der Waals surface area contributed by atoms with Gasteiger partial charge in [0.1, 0.15) is 18.5 Å². The molecule has 3 rings (SSSR count). The minimum absolute atomic E-state index is 0.116. The van der Waals surface area contributed by atoms with Gasteiger partial charge in [0, 0.05) is 16.0 Å². The van der Waals surface area contributed by atoms with Crippen LogP contribution in [0.2, 0.25) is 0 Å². The molecule has 1 aliphatic rings. The fraction of sp³-hybridized carbons (Fsp3) is 0.312. The Hall–Kier alpha value is -1.93. The lowest BCUT2D eigenvalue weighted by Gasteiger charge is -2.32. The molecule has 23 heavy (non-hydrogen) atoms. The number of thiophene rings is 1. The van der Waals surface area contributed by atoms with E-state index in [0.717, 1.165) is 21.0 Å². The van der Waals surface area contributed by atoms with Crippen molar-refractivity contribution in [3.63, 3.8) is 0 Å². The maximum atomic E-state index is 11.1. The second-order valence-electron chi connectivity index (χ2n) is 5.53. The summed E-state index contributed by atoms with van der Waals surface area (Å²) in [6.07, 6.45) is -2.29. The van der Waals surface area contributed by atoms with Crippen molar-refractivity contribution in [2.75, 3.05) is 0 Å². The number of benzene rings is 1. The van der Waals surface area contributed by atoms with Crippen molar-refractivity contribution in [3.8, 4) is 0 Å². The standard InChI is InChI=1S/C16H16O6S/c17-11-6-16(21,15(19)20)7-12(14(11)18)22-8-10-5-9-3-1-2-4-13(9)23-10/h1-5,7,11,14,17-18,21H,6,8H2,(H,19,20)/t11?,14-,16+/m0/s1. The Morgan fingerprint density at radius 1 is 1.35 bits per heavy atom. The third-order valence-corrected chi connectivity index (χ3v) is 4.87. The quantitative estimate of drug-likeness (QED) is 0.669. The zero-order valence-electron chi connectivity index (χ0n) is 12.0. The van der Waals surface area contributed by atoms with Crippen LogP contribution >= 0.6 is 11.3 Å². The van der Waals surface area contributed by atoms with Crippen molar-refractivity contribution in [1.82, 2.24) is 0 Å². The van der Waals surface area contributed by atoms with Gasteiger partial charge in [-0.2, -0.15) is 0 Å². The molecule has 1 heterocycles. The van der Waals surface area contributed by atoms with Crippen LogP contribution < -0.4 is 0 Å². The maximum Gasteiger partial charge on any atom is 0.340 e. The molecule has 1 aliphatic carbocycles. The Balaban J connectivity index is 1.80. The normalized spacial score (nSPS) is 27.7. The number of rotatable bonds is 4. The molecular formula is C16H16O6S. The predicted molar refractivity (Wildman–Crippen MR) is 83.9 cm³/mol. The Morgan fingerprint density at radius 3 is 2.78 bits per heavy atom. The zero-order valence-corrected chi connectivity index (χ0v) is 12.9. The Labute approximate surface area is 135 Å². The van der Waals surface area contributed by atoms with E-state index in [1.54, 1.807) is 0 Å². The molecule has 6 nitrogen and oxygen atoms in total. The first-order valence-electron chi connectivity index (χ1n) is 7.04. The molecule has 0 spiro atoms. The van der Waals surface area contributed by atoms with E-state index in [4.69, 9.17) is 9.84 Å². The van der Waals surface area contributed by atoms with Gasteiger partial charge in [-0.05, 0) is 23.6 Å². The van der Waals surface area contributed by atoms with Crippen LogP contribution in [0.5, 0.6) is 0 Å². The van der Waals surface area contributed by atoms with E-state index in [9.17, 15) is 20.1 Å².